The second-order valence-electron chi connectivity index (χ2n) is 9.53. The van der Waals surface area contributed by atoms with Crippen LogP contribution >= 0.6 is 27.3 Å². The minimum atomic E-state index is -0.715. The number of hydrogen-bond acceptors (Lipinski definition) is 10. The number of carbonyl (C=O) groups is 2. The Labute approximate surface area is 243 Å². The maximum Gasteiger partial charge on any atom is 0.338 e. The molecular weight excluding hydrogens is 603 g/mol. The van der Waals surface area contributed by atoms with Crippen LogP contribution in [0.4, 0.5) is 4.39 Å². The molecule has 1 fully saturated rings. The summed E-state index contributed by atoms with van der Waals surface area (Å²) < 4.78 is 30.4. The van der Waals surface area contributed by atoms with Crippen molar-refractivity contribution in [2.24, 2.45) is 10.9 Å². The lowest BCUT2D eigenvalue weighted by Crippen LogP contribution is -2.37. The van der Waals surface area contributed by atoms with Gasteiger partial charge in [-0.1, -0.05) is 22.0 Å². The second-order valence-corrected chi connectivity index (χ2v) is 11.3. The van der Waals surface area contributed by atoms with Gasteiger partial charge in [0.25, 0.3) is 0 Å². The monoisotopic (exact) mass is 630 g/mol. The summed E-state index contributed by atoms with van der Waals surface area (Å²) in [6, 6.07) is 3.63. The molecule has 3 aromatic rings. The fourth-order valence-corrected chi connectivity index (χ4v) is 6.35. The summed E-state index contributed by atoms with van der Waals surface area (Å²) in [5.41, 5.74) is 2.34. The summed E-state index contributed by atoms with van der Waals surface area (Å²) in [4.78, 5) is 38.9. The van der Waals surface area contributed by atoms with Crippen molar-refractivity contribution < 1.29 is 27.9 Å². The lowest BCUT2D eigenvalue weighted by Gasteiger charge is -2.34. The van der Waals surface area contributed by atoms with E-state index in [0.717, 1.165) is 31.4 Å². The summed E-state index contributed by atoms with van der Waals surface area (Å²) in [6.07, 6.45) is 6.35. The molecular formula is C28H28BrFN4O5S. The number of nitrogens with one attached hydrogen (secondary N) is 1. The number of halogens is 2. The van der Waals surface area contributed by atoms with Crippen molar-refractivity contribution in [3.05, 3.63) is 79.8 Å². The van der Waals surface area contributed by atoms with Crippen LogP contribution in [-0.2, 0) is 25.5 Å². The molecule has 3 heterocycles. The van der Waals surface area contributed by atoms with Gasteiger partial charge in [0.1, 0.15) is 18.1 Å². The standard InChI is InChI=1S/C28H28BrFN4O5S/c1-3-38-21(35)13-18-14-39-26(32-18)16-6-4-15(5-7-16)23-22(28(36)37-2)24(19-9-8-17(30)12-20(19)29)34-25(33-23)27-31-10-11-40-27/h8-12,14-16,24H,3-7,13H2,1-2H3,(H,33,34)/t15-,16+,24?. The van der Waals surface area contributed by atoms with Crippen LogP contribution in [0.1, 0.15) is 66.7 Å². The zero-order chi connectivity index (χ0) is 28.2. The number of thiazole rings is 1. The van der Waals surface area contributed by atoms with E-state index in [9.17, 15) is 14.0 Å². The van der Waals surface area contributed by atoms with E-state index in [1.807, 2.05) is 5.38 Å². The number of carbonyl (C=O) groups excluding carboxylic acids is 2. The van der Waals surface area contributed by atoms with Gasteiger partial charge in [-0.3, -0.25) is 9.79 Å². The van der Waals surface area contributed by atoms with Crippen LogP contribution in [0, 0.1) is 11.7 Å². The summed E-state index contributed by atoms with van der Waals surface area (Å²) >= 11 is 4.90. The van der Waals surface area contributed by atoms with Crippen LogP contribution in [-0.4, -0.2) is 41.5 Å². The van der Waals surface area contributed by atoms with Crippen LogP contribution in [0.2, 0.25) is 0 Å². The van der Waals surface area contributed by atoms with Gasteiger partial charge in [-0.2, -0.15) is 0 Å². The Balaban J connectivity index is 1.43. The molecule has 5 rings (SSSR count). The molecule has 1 saturated carbocycles. The first kappa shape index (κ1) is 28.2. The molecule has 1 aromatic carbocycles. The molecule has 1 aliphatic heterocycles. The van der Waals surface area contributed by atoms with E-state index >= 15 is 0 Å². The average molecular weight is 632 g/mol. The van der Waals surface area contributed by atoms with E-state index in [4.69, 9.17) is 18.9 Å². The number of rotatable bonds is 8. The van der Waals surface area contributed by atoms with Gasteiger partial charge in [0.2, 0.25) is 0 Å². The zero-order valence-corrected chi connectivity index (χ0v) is 24.4. The number of allylic oxidation sites excluding steroid dienone is 1. The van der Waals surface area contributed by atoms with Crippen molar-refractivity contribution in [1.29, 1.82) is 0 Å². The number of benzene rings is 1. The third-order valence-corrected chi connectivity index (χ3v) is 8.52. The summed E-state index contributed by atoms with van der Waals surface area (Å²) in [5.74, 6) is 0.0271. The van der Waals surface area contributed by atoms with Gasteiger partial charge in [0.05, 0.1) is 31.4 Å². The Morgan fingerprint density at radius 2 is 2.00 bits per heavy atom. The maximum atomic E-state index is 14.0. The molecule has 210 valence electrons. The smallest absolute Gasteiger partial charge is 0.338 e. The number of methoxy groups -OCH3 is 1. The molecule has 0 bridgehead atoms. The highest BCUT2D eigenvalue weighted by atomic mass is 79.9. The number of aromatic nitrogens is 2. The summed E-state index contributed by atoms with van der Waals surface area (Å²) in [5, 5.41) is 5.96. The summed E-state index contributed by atoms with van der Waals surface area (Å²) in [6.45, 7) is 2.08. The van der Waals surface area contributed by atoms with E-state index in [1.165, 1.54) is 36.8 Å². The van der Waals surface area contributed by atoms with Crippen molar-refractivity contribution >= 4 is 45.0 Å². The molecule has 2 aliphatic rings. The fraction of sp³-hybridized carbons (Fsp3) is 0.393. The van der Waals surface area contributed by atoms with Crippen molar-refractivity contribution in [3.8, 4) is 0 Å². The van der Waals surface area contributed by atoms with Crippen LogP contribution in [0.3, 0.4) is 0 Å². The van der Waals surface area contributed by atoms with Gasteiger partial charge >= 0.3 is 11.9 Å². The van der Waals surface area contributed by atoms with Gasteiger partial charge in [-0.25, -0.2) is 19.2 Å². The second kappa shape index (κ2) is 12.4. The third-order valence-electron chi connectivity index (χ3n) is 7.06. The van der Waals surface area contributed by atoms with Gasteiger partial charge in [-0.05, 0) is 56.2 Å². The number of oxazole rings is 1. The molecule has 0 spiro atoms. The molecule has 0 saturated heterocycles. The number of ether oxygens (including phenoxy) is 2. The molecule has 0 amide bonds. The number of aliphatic imine (C=N–C) groups is 1. The normalized spacial score (nSPS) is 21.0. The largest absolute Gasteiger partial charge is 0.466 e. The van der Waals surface area contributed by atoms with Crippen LogP contribution in [0.15, 0.2) is 61.2 Å². The lowest BCUT2D eigenvalue weighted by atomic mass is 9.78. The minimum absolute atomic E-state index is 0.00602. The third kappa shape index (κ3) is 6.02. The van der Waals surface area contributed by atoms with E-state index < -0.39 is 17.8 Å². The SMILES string of the molecule is CCOC(=O)Cc1coc([C@H]2CC[C@@H](C3=C(C(=O)OC)C(c4ccc(F)cc4Br)N=C(c4nccs4)N3)CC2)n1. The average Bonchev–Trinajstić information content (AvgIpc) is 3.65. The van der Waals surface area contributed by atoms with E-state index in [2.05, 4.69) is 31.2 Å². The predicted molar refractivity (Wildman–Crippen MR) is 149 cm³/mol. The predicted octanol–water partition coefficient (Wildman–Crippen LogP) is 5.63. The molecule has 1 unspecified atom stereocenters. The Hall–Kier alpha value is -3.38. The van der Waals surface area contributed by atoms with Crippen LogP contribution in [0.5, 0.6) is 0 Å². The molecule has 1 N–H and O–H groups in total. The first-order valence-electron chi connectivity index (χ1n) is 13.0. The highest BCUT2D eigenvalue weighted by molar-refractivity contribution is 9.10. The van der Waals surface area contributed by atoms with E-state index in [0.29, 0.717) is 44.6 Å². The van der Waals surface area contributed by atoms with Gasteiger partial charge in [0.15, 0.2) is 16.7 Å². The molecule has 9 nitrogen and oxygen atoms in total. The van der Waals surface area contributed by atoms with Crippen LogP contribution in [0.25, 0.3) is 0 Å². The highest BCUT2D eigenvalue weighted by Gasteiger charge is 2.38. The van der Waals surface area contributed by atoms with Crippen LogP contribution < -0.4 is 5.32 Å². The van der Waals surface area contributed by atoms with Gasteiger partial charge in [-0.15, -0.1) is 11.3 Å². The molecule has 2 aromatic heterocycles. The molecule has 1 aliphatic carbocycles. The number of esters is 2. The lowest BCUT2D eigenvalue weighted by molar-refractivity contribution is -0.142. The maximum absolute atomic E-state index is 14.0. The highest BCUT2D eigenvalue weighted by Crippen LogP contribution is 2.43. The van der Waals surface area contributed by atoms with Crippen molar-refractivity contribution in [3.63, 3.8) is 0 Å². The van der Waals surface area contributed by atoms with Crippen molar-refractivity contribution in [2.45, 2.75) is 51.0 Å². The Bertz CT molecular complexity index is 1450. The summed E-state index contributed by atoms with van der Waals surface area (Å²) in [7, 11) is 1.34. The fourth-order valence-electron chi connectivity index (χ4n) is 5.20. The zero-order valence-electron chi connectivity index (χ0n) is 22.0. The van der Waals surface area contributed by atoms with E-state index in [1.54, 1.807) is 19.2 Å². The number of amidine groups is 1. The van der Waals surface area contributed by atoms with Crippen molar-refractivity contribution in [2.75, 3.05) is 13.7 Å². The Morgan fingerprint density at radius 1 is 1.23 bits per heavy atom. The van der Waals surface area contributed by atoms with Crippen molar-refractivity contribution in [1.82, 2.24) is 15.3 Å². The quantitative estimate of drug-likeness (QED) is 0.318. The minimum Gasteiger partial charge on any atom is -0.466 e. The number of hydrogen-bond donors (Lipinski definition) is 1. The van der Waals surface area contributed by atoms with E-state index in [-0.39, 0.29) is 24.2 Å². The molecule has 1 atom stereocenters. The number of nitrogens with zero attached hydrogens (tertiary/aromatic N) is 3. The first-order chi connectivity index (χ1) is 19.4. The van der Waals surface area contributed by atoms with Gasteiger partial charge < -0.3 is 19.2 Å². The first-order valence-corrected chi connectivity index (χ1v) is 14.7. The Kier molecular flexibility index (Phi) is 8.75. The molecule has 12 heteroatoms. The van der Waals surface area contributed by atoms with Gasteiger partial charge in [0, 0.05) is 27.7 Å². The molecule has 0 radical (unpaired) electrons. The topological polar surface area (TPSA) is 116 Å². The Morgan fingerprint density at radius 3 is 2.67 bits per heavy atom. The molecule has 40 heavy (non-hydrogen) atoms.